The molecule has 4 aromatic rings. The first-order valence-electron chi connectivity index (χ1n) is 9.73. The summed E-state index contributed by atoms with van der Waals surface area (Å²) < 4.78 is 7.24. The van der Waals surface area contributed by atoms with E-state index in [0.717, 1.165) is 16.8 Å². The lowest BCUT2D eigenvalue weighted by molar-refractivity contribution is 0.0997. The van der Waals surface area contributed by atoms with Crippen molar-refractivity contribution in [2.75, 3.05) is 5.32 Å². The van der Waals surface area contributed by atoms with Gasteiger partial charge >= 0.3 is 0 Å². The molecule has 2 aromatic carbocycles. The van der Waals surface area contributed by atoms with Crippen molar-refractivity contribution in [2.45, 2.75) is 13.5 Å². The maximum absolute atomic E-state index is 12.8. The molecule has 0 fully saturated rings. The van der Waals surface area contributed by atoms with E-state index in [0.29, 0.717) is 32.1 Å². The first-order chi connectivity index (χ1) is 15.5. The van der Waals surface area contributed by atoms with E-state index >= 15 is 0 Å². The number of furan rings is 1. The summed E-state index contributed by atoms with van der Waals surface area (Å²) in [4.78, 5) is 18.1. The van der Waals surface area contributed by atoms with Gasteiger partial charge in [-0.3, -0.25) is 4.79 Å². The Morgan fingerprint density at radius 3 is 2.66 bits per heavy atom. The second-order valence-corrected chi connectivity index (χ2v) is 8.71. The van der Waals surface area contributed by atoms with Gasteiger partial charge in [0.05, 0.1) is 27.7 Å². The zero-order valence-electron chi connectivity index (χ0n) is 17.1. The van der Waals surface area contributed by atoms with Crippen molar-refractivity contribution in [1.29, 1.82) is 0 Å². The van der Waals surface area contributed by atoms with Crippen LogP contribution in [0.4, 0.5) is 10.7 Å². The number of aromatic nitrogens is 1. The molecule has 0 bridgehead atoms. The number of halogens is 2. The molecule has 8 heteroatoms. The van der Waals surface area contributed by atoms with Crippen molar-refractivity contribution in [3.63, 3.8) is 0 Å². The number of benzene rings is 2. The lowest BCUT2D eigenvalue weighted by atomic mass is 10.1. The number of allylic oxidation sites excluding steroid dienone is 1. The van der Waals surface area contributed by atoms with Crippen molar-refractivity contribution in [3.8, 4) is 11.3 Å². The van der Waals surface area contributed by atoms with Gasteiger partial charge in [-0.15, -0.1) is 6.58 Å². The third kappa shape index (κ3) is 4.58. The minimum Gasteiger partial charge on any atom is -0.459 e. The molecule has 4 rings (SSSR count). The smallest absolute Gasteiger partial charge is 0.292 e. The van der Waals surface area contributed by atoms with Crippen molar-refractivity contribution >= 4 is 51.1 Å². The average molecular weight is 484 g/mol. The third-order valence-corrected chi connectivity index (χ3v) is 6.47. The molecular weight excluding hydrogens is 465 g/mol. The van der Waals surface area contributed by atoms with Crippen LogP contribution in [0.25, 0.3) is 11.3 Å². The Bertz CT molecular complexity index is 1340. The molecule has 2 aromatic heterocycles. The van der Waals surface area contributed by atoms with Crippen LogP contribution in [0, 0.1) is 6.92 Å². The van der Waals surface area contributed by atoms with Gasteiger partial charge in [-0.2, -0.15) is 0 Å². The van der Waals surface area contributed by atoms with Crippen LogP contribution in [0.2, 0.25) is 10.0 Å². The second kappa shape index (κ2) is 9.61. The van der Waals surface area contributed by atoms with Crippen LogP contribution in [-0.4, -0.2) is 10.5 Å². The average Bonchev–Trinajstić information content (AvgIpc) is 3.42. The quantitative estimate of drug-likeness (QED) is 0.297. The molecule has 1 N–H and O–H groups in total. The molecule has 32 heavy (non-hydrogen) atoms. The summed E-state index contributed by atoms with van der Waals surface area (Å²) >= 11 is 13.9. The van der Waals surface area contributed by atoms with Crippen LogP contribution in [0.1, 0.15) is 16.1 Å². The number of thiazole rings is 1. The van der Waals surface area contributed by atoms with Crippen molar-refractivity contribution in [3.05, 3.63) is 99.7 Å². The molecule has 0 atom stereocenters. The maximum atomic E-state index is 12.8. The molecule has 0 saturated carbocycles. The molecule has 0 aliphatic heterocycles. The highest BCUT2D eigenvalue weighted by Crippen LogP contribution is 2.34. The van der Waals surface area contributed by atoms with Gasteiger partial charge in [-0.05, 0) is 31.2 Å². The Morgan fingerprint density at radius 1 is 1.19 bits per heavy atom. The zero-order chi connectivity index (χ0) is 22.7. The highest BCUT2D eigenvalue weighted by molar-refractivity contribution is 7.14. The number of hydrogen-bond donors (Lipinski definition) is 1. The minimum atomic E-state index is -0.345. The van der Waals surface area contributed by atoms with Gasteiger partial charge in [-0.1, -0.05) is 76.5 Å². The van der Waals surface area contributed by atoms with E-state index in [1.165, 1.54) is 17.6 Å². The third-order valence-electron chi connectivity index (χ3n) is 4.67. The highest BCUT2D eigenvalue weighted by atomic mass is 35.5. The standard InChI is InChI=1S/C24H19Cl2N3O2S/c1-3-13-29-21(16-11-9-15(2)10-12-16)23(28-22(30)19-8-5-14-31-19)32-24(29)27-18-7-4-6-17(25)20(18)26/h3-12,14H,1,13H2,2H3,(H,28,30). The Morgan fingerprint density at radius 2 is 1.97 bits per heavy atom. The summed E-state index contributed by atoms with van der Waals surface area (Å²) in [5.74, 6) is -0.123. The molecule has 0 radical (unpaired) electrons. The summed E-state index contributed by atoms with van der Waals surface area (Å²) in [5.41, 5.74) is 3.42. The van der Waals surface area contributed by atoms with Gasteiger partial charge in [0, 0.05) is 12.1 Å². The number of aryl methyl sites for hydroxylation is 1. The molecule has 1 amide bonds. The van der Waals surface area contributed by atoms with Crippen LogP contribution < -0.4 is 10.1 Å². The Kier molecular flexibility index (Phi) is 6.65. The van der Waals surface area contributed by atoms with Gasteiger partial charge in [-0.25, -0.2) is 4.99 Å². The predicted molar refractivity (Wildman–Crippen MR) is 131 cm³/mol. The van der Waals surface area contributed by atoms with Crippen LogP contribution in [0.15, 0.2) is 82.9 Å². The van der Waals surface area contributed by atoms with Crippen LogP contribution in [-0.2, 0) is 6.54 Å². The number of carbonyl (C=O) groups excluding carboxylic acids is 1. The molecule has 0 saturated heterocycles. The fourth-order valence-electron chi connectivity index (χ4n) is 3.13. The van der Waals surface area contributed by atoms with E-state index in [2.05, 4.69) is 11.9 Å². The topological polar surface area (TPSA) is 59.5 Å². The van der Waals surface area contributed by atoms with Gasteiger partial charge in [0.25, 0.3) is 5.91 Å². The van der Waals surface area contributed by atoms with Crippen molar-refractivity contribution in [2.24, 2.45) is 4.99 Å². The van der Waals surface area contributed by atoms with E-state index in [9.17, 15) is 4.79 Å². The van der Waals surface area contributed by atoms with E-state index in [1.807, 2.05) is 35.8 Å². The van der Waals surface area contributed by atoms with Crippen LogP contribution in [0.5, 0.6) is 0 Å². The lowest BCUT2D eigenvalue weighted by Gasteiger charge is -2.10. The highest BCUT2D eigenvalue weighted by Gasteiger charge is 2.19. The lowest BCUT2D eigenvalue weighted by Crippen LogP contribution is -2.15. The number of anilines is 1. The molecule has 0 aliphatic carbocycles. The minimum absolute atomic E-state index is 0.222. The first kappa shape index (κ1) is 22.1. The summed E-state index contributed by atoms with van der Waals surface area (Å²) in [5, 5.41) is 4.39. The fourth-order valence-corrected chi connectivity index (χ4v) is 4.54. The van der Waals surface area contributed by atoms with E-state index in [4.69, 9.17) is 32.6 Å². The number of hydrogen-bond acceptors (Lipinski definition) is 4. The number of rotatable bonds is 6. The largest absolute Gasteiger partial charge is 0.459 e. The molecule has 0 spiro atoms. The normalized spacial score (nSPS) is 11.5. The van der Waals surface area contributed by atoms with E-state index in [-0.39, 0.29) is 11.7 Å². The van der Waals surface area contributed by atoms with Crippen LogP contribution >= 0.6 is 34.5 Å². The summed E-state index contributed by atoms with van der Waals surface area (Å²) in [6, 6.07) is 16.6. The van der Waals surface area contributed by atoms with Crippen LogP contribution in [0.3, 0.4) is 0 Å². The SMILES string of the molecule is C=CCn1c(-c2ccc(C)cc2)c(NC(=O)c2ccco2)sc1=Nc1cccc(Cl)c1Cl. The monoisotopic (exact) mass is 483 g/mol. The Labute approximate surface area is 199 Å². The number of nitrogens with one attached hydrogen (secondary N) is 1. The molecular formula is C24H19Cl2N3O2S. The van der Waals surface area contributed by atoms with Gasteiger partial charge in [0.2, 0.25) is 0 Å². The first-order valence-corrected chi connectivity index (χ1v) is 11.3. The molecule has 0 unspecified atom stereocenters. The molecule has 0 aliphatic rings. The zero-order valence-corrected chi connectivity index (χ0v) is 19.5. The van der Waals surface area contributed by atoms with Crippen molar-refractivity contribution in [1.82, 2.24) is 4.57 Å². The Balaban J connectivity index is 1.93. The van der Waals surface area contributed by atoms with Crippen molar-refractivity contribution < 1.29 is 9.21 Å². The summed E-state index contributed by atoms with van der Waals surface area (Å²) in [7, 11) is 0. The summed E-state index contributed by atoms with van der Waals surface area (Å²) in [6.45, 7) is 6.39. The van der Waals surface area contributed by atoms with Gasteiger partial charge in [0.15, 0.2) is 10.6 Å². The number of amides is 1. The molecule has 162 valence electrons. The molecule has 5 nitrogen and oxygen atoms in total. The Hall–Kier alpha value is -3.06. The van der Waals surface area contributed by atoms with Gasteiger partial charge in [0.1, 0.15) is 5.00 Å². The molecule has 2 heterocycles. The fraction of sp³-hybridized carbons (Fsp3) is 0.0833. The second-order valence-electron chi connectivity index (χ2n) is 6.94. The predicted octanol–water partition coefficient (Wildman–Crippen LogP) is 7.10. The summed E-state index contributed by atoms with van der Waals surface area (Å²) in [6.07, 6.45) is 3.24. The van der Waals surface area contributed by atoms with Gasteiger partial charge < -0.3 is 14.3 Å². The number of nitrogens with zero attached hydrogens (tertiary/aromatic N) is 2. The van der Waals surface area contributed by atoms with E-state index < -0.39 is 0 Å². The maximum Gasteiger partial charge on any atom is 0.292 e. The number of carbonyl (C=O) groups is 1. The van der Waals surface area contributed by atoms with E-state index in [1.54, 1.807) is 36.4 Å².